The van der Waals surface area contributed by atoms with Gasteiger partial charge in [0.2, 0.25) is 0 Å². The van der Waals surface area contributed by atoms with Crippen molar-refractivity contribution in [2.75, 3.05) is 12.9 Å². The number of hydrogen-bond donors (Lipinski definition) is 1. The molecule has 0 aliphatic rings. The molecular weight excluding hydrogens is 278 g/mol. The number of benzene rings is 2. The number of thioether (sulfide) groups is 1. The van der Waals surface area contributed by atoms with Crippen molar-refractivity contribution in [1.82, 2.24) is 0 Å². The minimum atomic E-state index is 0.0433. The fourth-order valence-corrected chi connectivity index (χ4v) is 3.65. The van der Waals surface area contributed by atoms with Gasteiger partial charge in [0.1, 0.15) is 5.75 Å². The van der Waals surface area contributed by atoms with E-state index in [4.69, 9.17) is 10.5 Å². The molecule has 2 aromatic carbocycles. The van der Waals surface area contributed by atoms with Gasteiger partial charge in [-0.15, -0.1) is 11.8 Å². The Balaban J connectivity index is 2.10. The molecule has 2 aromatic rings. The molecule has 2 rings (SSSR count). The van der Waals surface area contributed by atoms with Gasteiger partial charge in [-0.1, -0.05) is 23.8 Å². The molecule has 3 heteroatoms. The van der Waals surface area contributed by atoms with Crippen molar-refractivity contribution in [3.05, 3.63) is 58.7 Å². The number of nitrogens with two attached hydrogens (primary N) is 1. The lowest BCUT2D eigenvalue weighted by Gasteiger charge is -2.18. The van der Waals surface area contributed by atoms with Crippen LogP contribution in [0.25, 0.3) is 0 Å². The average Bonchev–Trinajstić information content (AvgIpc) is 2.44. The first-order valence-electron chi connectivity index (χ1n) is 7.11. The highest BCUT2D eigenvalue weighted by Gasteiger charge is 2.13. The van der Waals surface area contributed by atoms with Gasteiger partial charge in [-0.25, -0.2) is 0 Å². The number of hydrogen-bond acceptors (Lipinski definition) is 3. The molecule has 2 N–H and O–H groups in total. The zero-order valence-electron chi connectivity index (χ0n) is 13.1. The minimum absolute atomic E-state index is 0.0433. The van der Waals surface area contributed by atoms with Gasteiger partial charge in [-0.3, -0.25) is 0 Å². The van der Waals surface area contributed by atoms with Gasteiger partial charge in [0.15, 0.2) is 0 Å². The van der Waals surface area contributed by atoms with Gasteiger partial charge in [0, 0.05) is 16.7 Å². The van der Waals surface area contributed by atoms with Gasteiger partial charge >= 0.3 is 0 Å². The molecule has 0 fully saturated rings. The lowest BCUT2D eigenvalue weighted by molar-refractivity contribution is 0.413. The van der Waals surface area contributed by atoms with Gasteiger partial charge in [-0.05, 0) is 55.7 Å². The maximum Gasteiger partial charge on any atom is 0.119 e. The van der Waals surface area contributed by atoms with E-state index in [1.165, 1.54) is 27.1 Å². The molecule has 1 atom stereocenters. The van der Waals surface area contributed by atoms with Crippen molar-refractivity contribution in [3.8, 4) is 5.75 Å². The van der Waals surface area contributed by atoms with Crippen molar-refractivity contribution >= 4 is 11.8 Å². The molecule has 0 amide bonds. The van der Waals surface area contributed by atoms with E-state index < -0.39 is 0 Å². The molecule has 0 radical (unpaired) electrons. The Hall–Kier alpha value is -1.45. The quantitative estimate of drug-likeness (QED) is 0.831. The van der Waals surface area contributed by atoms with Gasteiger partial charge in [0.05, 0.1) is 7.11 Å². The summed E-state index contributed by atoms with van der Waals surface area (Å²) in [6.07, 6.45) is 0. The van der Waals surface area contributed by atoms with E-state index in [-0.39, 0.29) is 6.04 Å². The van der Waals surface area contributed by atoms with E-state index in [2.05, 4.69) is 39.0 Å². The maximum atomic E-state index is 6.41. The summed E-state index contributed by atoms with van der Waals surface area (Å²) in [5, 5.41) is 0. The molecule has 0 bridgehead atoms. The Morgan fingerprint density at radius 1 is 1.10 bits per heavy atom. The fraction of sp³-hybridized carbons (Fsp3) is 0.333. The minimum Gasteiger partial charge on any atom is -0.497 e. The number of rotatable bonds is 5. The molecule has 0 heterocycles. The first-order chi connectivity index (χ1) is 10.0. The first-order valence-corrected chi connectivity index (χ1v) is 8.10. The Kier molecular flexibility index (Phi) is 5.32. The molecule has 0 spiro atoms. The third-order valence-electron chi connectivity index (χ3n) is 3.58. The second kappa shape index (κ2) is 7.01. The van der Waals surface area contributed by atoms with Crippen LogP contribution in [0.2, 0.25) is 0 Å². The van der Waals surface area contributed by atoms with Crippen molar-refractivity contribution in [3.63, 3.8) is 0 Å². The van der Waals surface area contributed by atoms with Crippen LogP contribution in [0.3, 0.4) is 0 Å². The highest BCUT2D eigenvalue weighted by molar-refractivity contribution is 7.99. The van der Waals surface area contributed by atoms with Crippen LogP contribution in [-0.4, -0.2) is 12.9 Å². The highest BCUT2D eigenvalue weighted by Crippen LogP contribution is 2.29. The van der Waals surface area contributed by atoms with Crippen molar-refractivity contribution < 1.29 is 4.74 Å². The Morgan fingerprint density at radius 3 is 2.38 bits per heavy atom. The maximum absolute atomic E-state index is 6.41. The van der Waals surface area contributed by atoms with Crippen LogP contribution >= 0.6 is 11.8 Å². The van der Waals surface area contributed by atoms with Crippen LogP contribution in [0, 0.1) is 20.8 Å². The fourth-order valence-electron chi connectivity index (χ4n) is 2.74. The summed E-state index contributed by atoms with van der Waals surface area (Å²) in [4.78, 5) is 1.19. The van der Waals surface area contributed by atoms with Crippen molar-refractivity contribution in [2.45, 2.75) is 31.7 Å². The number of aryl methyl sites for hydroxylation is 3. The second-order valence-corrected chi connectivity index (χ2v) is 6.50. The number of methoxy groups -OCH3 is 1. The molecular formula is C18H23NOS. The smallest absolute Gasteiger partial charge is 0.119 e. The Morgan fingerprint density at radius 2 is 1.76 bits per heavy atom. The topological polar surface area (TPSA) is 35.2 Å². The normalized spacial score (nSPS) is 12.2. The summed E-state index contributed by atoms with van der Waals surface area (Å²) in [6.45, 7) is 6.41. The van der Waals surface area contributed by atoms with E-state index >= 15 is 0 Å². The highest BCUT2D eigenvalue weighted by atomic mass is 32.2. The summed E-state index contributed by atoms with van der Waals surface area (Å²) in [5.41, 5.74) is 11.5. The van der Waals surface area contributed by atoms with Gasteiger partial charge < -0.3 is 10.5 Å². The van der Waals surface area contributed by atoms with Gasteiger partial charge in [-0.2, -0.15) is 0 Å². The van der Waals surface area contributed by atoms with E-state index in [1.54, 1.807) is 18.9 Å². The van der Waals surface area contributed by atoms with Crippen molar-refractivity contribution in [2.24, 2.45) is 5.73 Å². The molecule has 1 unspecified atom stereocenters. The van der Waals surface area contributed by atoms with Crippen LogP contribution in [-0.2, 0) is 0 Å². The summed E-state index contributed by atoms with van der Waals surface area (Å²) in [6, 6.07) is 12.6. The van der Waals surface area contributed by atoms with Crippen LogP contribution < -0.4 is 10.5 Å². The van der Waals surface area contributed by atoms with E-state index in [0.717, 1.165) is 11.5 Å². The Labute approximate surface area is 131 Å². The monoisotopic (exact) mass is 301 g/mol. The van der Waals surface area contributed by atoms with Crippen LogP contribution in [0.5, 0.6) is 5.75 Å². The van der Waals surface area contributed by atoms with E-state index in [1.807, 2.05) is 18.2 Å². The second-order valence-electron chi connectivity index (χ2n) is 5.41. The molecule has 21 heavy (non-hydrogen) atoms. The van der Waals surface area contributed by atoms with Gasteiger partial charge in [0.25, 0.3) is 0 Å². The van der Waals surface area contributed by atoms with Crippen LogP contribution in [0.15, 0.2) is 41.3 Å². The first kappa shape index (κ1) is 15.9. The largest absolute Gasteiger partial charge is 0.497 e. The predicted octanol–water partition coefficient (Wildman–Crippen LogP) is 4.41. The summed E-state index contributed by atoms with van der Waals surface area (Å²) in [5.74, 6) is 1.74. The number of ether oxygens (including phenoxy) is 1. The molecule has 0 aromatic heterocycles. The molecule has 0 aliphatic carbocycles. The SMILES string of the molecule is COc1cccc(SCC(N)c2c(C)cc(C)cc2C)c1. The zero-order chi connectivity index (χ0) is 15.4. The average molecular weight is 301 g/mol. The van der Waals surface area contributed by atoms with Crippen LogP contribution in [0.4, 0.5) is 0 Å². The molecule has 2 nitrogen and oxygen atoms in total. The molecule has 112 valence electrons. The third kappa shape index (κ3) is 4.02. The summed E-state index contributed by atoms with van der Waals surface area (Å²) >= 11 is 1.77. The van der Waals surface area contributed by atoms with E-state index in [0.29, 0.717) is 0 Å². The molecule has 0 aliphatic heterocycles. The lowest BCUT2D eigenvalue weighted by atomic mass is 9.95. The van der Waals surface area contributed by atoms with Crippen LogP contribution in [0.1, 0.15) is 28.3 Å². The molecule has 0 saturated carbocycles. The predicted molar refractivity (Wildman–Crippen MR) is 91.3 cm³/mol. The standard InChI is InChI=1S/C18H23NOS/c1-12-8-13(2)18(14(3)9-12)17(19)11-21-16-7-5-6-15(10-16)20-4/h5-10,17H,11,19H2,1-4H3. The third-order valence-corrected chi connectivity index (χ3v) is 4.69. The lowest BCUT2D eigenvalue weighted by Crippen LogP contribution is -2.16. The summed E-state index contributed by atoms with van der Waals surface area (Å²) in [7, 11) is 1.69. The van der Waals surface area contributed by atoms with E-state index in [9.17, 15) is 0 Å². The Bertz CT molecular complexity index is 601. The van der Waals surface area contributed by atoms with Crippen molar-refractivity contribution in [1.29, 1.82) is 0 Å². The molecule has 0 saturated heterocycles. The zero-order valence-corrected chi connectivity index (χ0v) is 14.0. The summed E-state index contributed by atoms with van der Waals surface area (Å²) < 4.78 is 5.25.